The number of carbonyl (C=O) groups is 1. The van der Waals surface area contributed by atoms with Crippen molar-refractivity contribution >= 4 is 27.9 Å². The summed E-state index contributed by atoms with van der Waals surface area (Å²) >= 11 is 3.20. The first kappa shape index (κ1) is 11.4. The van der Waals surface area contributed by atoms with Crippen LogP contribution in [-0.2, 0) is 9.63 Å². The van der Waals surface area contributed by atoms with Gasteiger partial charge in [0, 0.05) is 12.6 Å². The molecule has 0 atom stereocenters. The Labute approximate surface area is 102 Å². The molecule has 4 nitrogen and oxygen atoms in total. The van der Waals surface area contributed by atoms with Gasteiger partial charge in [0.05, 0.1) is 6.61 Å². The molecule has 0 aliphatic carbocycles. The number of hydroxylamine groups is 2. The smallest absolute Gasteiger partial charge is 0.270 e. The van der Waals surface area contributed by atoms with Crippen molar-refractivity contribution in [3.05, 3.63) is 28.6 Å². The maximum atomic E-state index is 11.6. The quantitative estimate of drug-likeness (QED) is 0.785. The summed E-state index contributed by atoms with van der Waals surface area (Å²) in [7, 11) is 0. The number of amides is 1. The molecule has 1 aromatic heterocycles. The lowest BCUT2D eigenvalue weighted by Gasteiger charge is -2.24. The zero-order valence-electron chi connectivity index (χ0n) is 8.69. The Balaban J connectivity index is 1.93. The highest BCUT2D eigenvalue weighted by molar-refractivity contribution is 9.10. The molecular weight excluding hydrogens is 274 g/mol. The fourth-order valence-electron chi connectivity index (χ4n) is 1.42. The second-order valence-corrected chi connectivity index (χ2v) is 4.24. The Kier molecular flexibility index (Phi) is 3.79. The molecule has 5 heteroatoms. The van der Waals surface area contributed by atoms with E-state index in [0.717, 1.165) is 12.8 Å². The van der Waals surface area contributed by atoms with E-state index in [-0.39, 0.29) is 5.91 Å². The van der Waals surface area contributed by atoms with E-state index in [0.29, 0.717) is 23.6 Å². The first-order valence-corrected chi connectivity index (χ1v) is 5.93. The van der Waals surface area contributed by atoms with Crippen LogP contribution in [-0.4, -0.2) is 24.1 Å². The minimum absolute atomic E-state index is 0.146. The summed E-state index contributed by atoms with van der Waals surface area (Å²) in [4.78, 5) is 16.9. The summed E-state index contributed by atoms with van der Waals surface area (Å²) in [6.45, 7) is 1.27. The van der Waals surface area contributed by atoms with Crippen LogP contribution in [0.2, 0.25) is 0 Å². The van der Waals surface area contributed by atoms with Crippen molar-refractivity contribution in [3.63, 3.8) is 0 Å². The highest BCUT2D eigenvalue weighted by Crippen LogP contribution is 2.15. The number of rotatable bonds is 2. The van der Waals surface area contributed by atoms with Gasteiger partial charge in [0.2, 0.25) is 0 Å². The maximum absolute atomic E-state index is 11.6. The van der Waals surface area contributed by atoms with Gasteiger partial charge in [0.15, 0.2) is 4.67 Å². The molecule has 1 amide bonds. The third-order valence-corrected chi connectivity index (χ3v) is 2.66. The Hall–Kier alpha value is -1.07. The number of hydrogen-bond donors (Lipinski definition) is 0. The fraction of sp³-hybridized carbons (Fsp3) is 0.364. The SMILES string of the molecule is O=C(/C=C/c1ccc(Br)o1)N1CCCCO1. The Bertz CT molecular complexity index is 394. The summed E-state index contributed by atoms with van der Waals surface area (Å²) in [5.74, 6) is 0.490. The van der Waals surface area contributed by atoms with Crippen LogP contribution in [0.4, 0.5) is 0 Å². The monoisotopic (exact) mass is 285 g/mol. The lowest BCUT2D eigenvalue weighted by atomic mass is 10.3. The molecule has 0 radical (unpaired) electrons. The average molecular weight is 286 g/mol. The van der Waals surface area contributed by atoms with Crippen molar-refractivity contribution in [3.8, 4) is 0 Å². The standard InChI is InChI=1S/C11H12BrNO3/c12-10-5-3-9(16-10)4-6-11(14)13-7-1-2-8-15-13/h3-6H,1-2,7-8H2/b6-4+. The van der Waals surface area contributed by atoms with Gasteiger partial charge in [0.1, 0.15) is 5.76 Å². The first-order chi connectivity index (χ1) is 7.75. The van der Waals surface area contributed by atoms with Crippen LogP contribution in [0.5, 0.6) is 0 Å². The second kappa shape index (κ2) is 5.32. The molecule has 1 aliphatic rings. The van der Waals surface area contributed by atoms with E-state index < -0.39 is 0 Å². The van der Waals surface area contributed by atoms with Crippen LogP contribution >= 0.6 is 15.9 Å². The predicted molar refractivity (Wildman–Crippen MR) is 62.3 cm³/mol. The molecule has 0 saturated carbocycles. The van der Waals surface area contributed by atoms with Crippen molar-refractivity contribution in [2.75, 3.05) is 13.2 Å². The van der Waals surface area contributed by atoms with E-state index in [9.17, 15) is 4.79 Å². The number of furan rings is 1. The van der Waals surface area contributed by atoms with Crippen LogP contribution in [0.25, 0.3) is 6.08 Å². The summed E-state index contributed by atoms with van der Waals surface area (Å²) in [5.41, 5.74) is 0. The molecule has 2 heterocycles. The molecule has 0 N–H and O–H groups in total. The second-order valence-electron chi connectivity index (χ2n) is 3.46. The molecule has 86 valence electrons. The van der Waals surface area contributed by atoms with E-state index in [1.807, 2.05) is 0 Å². The largest absolute Gasteiger partial charge is 0.450 e. The van der Waals surface area contributed by atoms with Crippen molar-refractivity contribution in [2.45, 2.75) is 12.8 Å². The zero-order chi connectivity index (χ0) is 11.4. The zero-order valence-corrected chi connectivity index (χ0v) is 10.3. The van der Waals surface area contributed by atoms with Crippen molar-refractivity contribution in [1.29, 1.82) is 0 Å². The molecule has 1 aliphatic heterocycles. The molecule has 0 spiro atoms. The fourth-order valence-corrected chi connectivity index (χ4v) is 1.74. The highest BCUT2D eigenvalue weighted by Gasteiger charge is 2.14. The van der Waals surface area contributed by atoms with E-state index in [2.05, 4.69) is 15.9 Å². The molecular formula is C11H12BrNO3. The summed E-state index contributed by atoms with van der Waals surface area (Å²) < 4.78 is 5.89. The van der Waals surface area contributed by atoms with Gasteiger partial charge >= 0.3 is 0 Å². The molecule has 2 rings (SSSR count). The number of hydrogen-bond acceptors (Lipinski definition) is 3. The predicted octanol–water partition coefficient (Wildman–Crippen LogP) is 2.61. The topological polar surface area (TPSA) is 42.7 Å². The van der Waals surface area contributed by atoms with Crippen LogP contribution in [0.1, 0.15) is 18.6 Å². The Morgan fingerprint density at radius 3 is 2.94 bits per heavy atom. The van der Waals surface area contributed by atoms with Gasteiger partial charge in [-0.15, -0.1) is 0 Å². The van der Waals surface area contributed by atoms with Crippen molar-refractivity contribution in [2.24, 2.45) is 0 Å². The van der Waals surface area contributed by atoms with Crippen LogP contribution in [0.3, 0.4) is 0 Å². The number of halogens is 1. The summed E-state index contributed by atoms with van der Waals surface area (Å²) in [5, 5.41) is 1.39. The molecule has 0 aromatic carbocycles. The van der Waals surface area contributed by atoms with Crippen LogP contribution in [0.15, 0.2) is 27.3 Å². The van der Waals surface area contributed by atoms with Crippen LogP contribution in [0, 0.1) is 0 Å². The lowest BCUT2D eigenvalue weighted by molar-refractivity contribution is -0.191. The number of nitrogens with zero attached hydrogens (tertiary/aromatic N) is 1. The molecule has 1 aromatic rings. The summed E-state index contributed by atoms with van der Waals surface area (Å²) in [6, 6.07) is 3.56. The van der Waals surface area contributed by atoms with Gasteiger partial charge < -0.3 is 4.42 Å². The number of carbonyl (C=O) groups excluding carboxylic acids is 1. The van der Waals surface area contributed by atoms with Gasteiger partial charge in [0.25, 0.3) is 5.91 Å². The van der Waals surface area contributed by atoms with E-state index in [1.165, 1.54) is 11.1 Å². The molecule has 0 bridgehead atoms. The Morgan fingerprint density at radius 1 is 1.44 bits per heavy atom. The van der Waals surface area contributed by atoms with E-state index in [1.54, 1.807) is 18.2 Å². The first-order valence-electron chi connectivity index (χ1n) is 5.13. The van der Waals surface area contributed by atoms with Gasteiger partial charge in [-0.25, -0.2) is 5.06 Å². The van der Waals surface area contributed by atoms with Crippen molar-refractivity contribution in [1.82, 2.24) is 5.06 Å². The third kappa shape index (κ3) is 2.96. The molecule has 1 saturated heterocycles. The van der Waals surface area contributed by atoms with Crippen LogP contribution < -0.4 is 0 Å². The van der Waals surface area contributed by atoms with Gasteiger partial charge in [-0.1, -0.05) is 0 Å². The van der Waals surface area contributed by atoms with Gasteiger partial charge in [-0.2, -0.15) is 0 Å². The molecule has 0 unspecified atom stereocenters. The average Bonchev–Trinajstić information content (AvgIpc) is 2.73. The lowest BCUT2D eigenvalue weighted by Crippen LogP contribution is -2.34. The third-order valence-electron chi connectivity index (χ3n) is 2.23. The molecule has 1 fully saturated rings. The van der Waals surface area contributed by atoms with Gasteiger partial charge in [-0.3, -0.25) is 9.63 Å². The van der Waals surface area contributed by atoms with Crippen molar-refractivity contribution < 1.29 is 14.0 Å². The minimum Gasteiger partial charge on any atom is -0.450 e. The Morgan fingerprint density at radius 2 is 2.31 bits per heavy atom. The molecule has 16 heavy (non-hydrogen) atoms. The van der Waals surface area contributed by atoms with E-state index in [4.69, 9.17) is 9.25 Å². The summed E-state index contributed by atoms with van der Waals surface area (Å²) in [6.07, 6.45) is 5.09. The normalized spacial score (nSPS) is 16.9. The minimum atomic E-state index is -0.146. The maximum Gasteiger partial charge on any atom is 0.270 e. The van der Waals surface area contributed by atoms with E-state index >= 15 is 0 Å². The van der Waals surface area contributed by atoms with Gasteiger partial charge in [-0.05, 0) is 47.0 Å². The highest BCUT2D eigenvalue weighted by atomic mass is 79.9.